The van der Waals surface area contributed by atoms with Gasteiger partial charge in [0.05, 0.1) is 0 Å². The Labute approximate surface area is 89.7 Å². The van der Waals surface area contributed by atoms with Gasteiger partial charge in [-0.3, -0.25) is 4.79 Å². The molecule has 3 nitrogen and oxygen atoms in total. The summed E-state index contributed by atoms with van der Waals surface area (Å²) >= 11 is 0. The van der Waals surface area contributed by atoms with Crippen molar-refractivity contribution in [2.75, 3.05) is 6.61 Å². The molecule has 15 heavy (non-hydrogen) atoms. The van der Waals surface area contributed by atoms with E-state index < -0.39 is 0 Å². The third-order valence-corrected chi connectivity index (χ3v) is 2.03. The number of unbranched alkanes of at least 4 members (excludes halogenated alkanes) is 1. The van der Waals surface area contributed by atoms with Gasteiger partial charge in [0, 0.05) is 13.5 Å². The normalized spacial score (nSPS) is 10.0. The zero-order chi connectivity index (χ0) is 11.1. The van der Waals surface area contributed by atoms with Crippen molar-refractivity contribution in [3.8, 4) is 5.75 Å². The molecule has 0 bridgehead atoms. The lowest BCUT2D eigenvalue weighted by Gasteiger charge is -2.04. The van der Waals surface area contributed by atoms with Crippen molar-refractivity contribution in [2.24, 2.45) is 0 Å². The smallest absolute Gasteiger partial charge is 0.308 e. The molecule has 0 aromatic heterocycles. The summed E-state index contributed by atoms with van der Waals surface area (Å²) in [6.07, 6.45) is 2.65. The number of esters is 1. The zero-order valence-corrected chi connectivity index (χ0v) is 8.90. The van der Waals surface area contributed by atoms with E-state index in [0.717, 1.165) is 24.8 Å². The van der Waals surface area contributed by atoms with Crippen LogP contribution in [0.3, 0.4) is 0 Å². The molecule has 0 saturated heterocycles. The summed E-state index contributed by atoms with van der Waals surface area (Å²) < 4.78 is 4.97. The minimum absolute atomic E-state index is 0.226. The van der Waals surface area contributed by atoms with Crippen molar-refractivity contribution in [1.29, 1.82) is 0 Å². The van der Waals surface area contributed by atoms with Crippen LogP contribution in [0.5, 0.6) is 5.75 Å². The van der Waals surface area contributed by atoms with Crippen LogP contribution in [-0.4, -0.2) is 17.7 Å². The summed E-state index contributed by atoms with van der Waals surface area (Å²) in [6, 6.07) is 7.48. The molecular weight excluding hydrogens is 192 g/mol. The van der Waals surface area contributed by atoms with E-state index in [2.05, 4.69) is 0 Å². The van der Waals surface area contributed by atoms with Crippen molar-refractivity contribution in [1.82, 2.24) is 0 Å². The Morgan fingerprint density at radius 2 is 2.20 bits per heavy atom. The first-order chi connectivity index (χ1) is 7.22. The second-order valence-corrected chi connectivity index (χ2v) is 3.42. The number of carbonyl (C=O) groups excluding carboxylic acids is 1. The lowest BCUT2D eigenvalue weighted by atomic mass is 10.1. The number of hydrogen-bond acceptors (Lipinski definition) is 3. The van der Waals surface area contributed by atoms with Crippen LogP contribution in [0.15, 0.2) is 24.3 Å². The topological polar surface area (TPSA) is 46.5 Å². The first-order valence-electron chi connectivity index (χ1n) is 5.10. The molecule has 0 aliphatic carbocycles. The van der Waals surface area contributed by atoms with Crippen LogP contribution in [-0.2, 0) is 11.2 Å². The van der Waals surface area contributed by atoms with Gasteiger partial charge < -0.3 is 9.84 Å². The van der Waals surface area contributed by atoms with Gasteiger partial charge in [0.1, 0.15) is 5.75 Å². The number of rotatable bonds is 5. The maximum absolute atomic E-state index is 10.7. The second-order valence-electron chi connectivity index (χ2n) is 3.42. The van der Waals surface area contributed by atoms with E-state index in [1.54, 1.807) is 6.07 Å². The number of aryl methyl sites for hydroxylation is 1. The molecule has 0 fully saturated rings. The van der Waals surface area contributed by atoms with Gasteiger partial charge in [-0.2, -0.15) is 0 Å². The molecule has 1 aromatic rings. The third-order valence-electron chi connectivity index (χ3n) is 2.03. The van der Waals surface area contributed by atoms with Gasteiger partial charge in [-0.25, -0.2) is 0 Å². The van der Waals surface area contributed by atoms with Gasteiger partial charge in [0.2, 0.25) is 0 Å². The molecule has 0 aliphatic heterocycles. The van der Waals surface area contributed by atoms with Crippen molar-refractivity contribution < 1.29 is 14.6 Å². The van der Waals surface area contributed by atoms with Crippen LogP contribution < -0.4 is 4.74 Å². The van der Waals surface area contributed by atoms with E-state index in [1.807, 2.05) is 18.2 Å². The van der Waals surface area contributed by atoms with Crippen molar-refractivity contribution in [3.05, 3.63) is 29.8 Å². The average Bonchev–Trinajstić information content (AvgIpc) is 2.18. The Bertz CT molecular complexity index is 320. The number of aliphatic hydroxyl groups is 1. The maximum atomic E-state index is 10.7. The fourth-order valence-corrected chi connectivity index (χ4v) is 1.37. The van der Waals surface area contributed by atoms with Gasteiger partial charge >= 0.3 is 5.97 Å². The average molecular weight is 208 g/mol. The highest BCUT2D eigenvalue weighted by atomic mass is 16.5. The van der Waals surface area contributed by atoms with Gasteiger partial charge in [-0.05, 0) is 37.0 Å². The quantitative estimate of drug-likeness (QED) is 0.457. The monoisotopic (exact) mass is 208 g/mol. The van der Waals surface area contributed by atoms with E-state index in [4.69, 9.17) is 9.84 Å². The summed E-state index contributed by atoms with van der Waals surface area (Å²) in [4.78, 5) is 10.7. The van der Waals surface area contributed by atoms with E-state index >= 15 is 0 Å². The molecule has 0 radical (unpaired) electrons. The molecular formula is C12H16O3. The largest absolute Gasteiger partial charge is 0.427 e. The lowest BCUT2D eigenvalue weighted by molar-refractivity contribution is -0.131. The molecule has 1 N–H and O–H groups in total. The molecule has 0 atom stereocenters. The summed E-state index contributed by atoms with van der Waals surface area (Å²) in [5, 5.41) is 8.65. The molecule has 82 valence electrons. The van der Waals surface area contributed by atoms with E-state index in [1.165, 1.54) is 6.92 Å². The van der Waals surface area contributed by atoms with Crippen LogP contribution in [0.25, 0.3) is 0 Å². The summed E-state index contributed by atoms with van der Waals surface area (Å²) in [5.74, 6) is 0.284. The highest BCUT2D eigenvalue weighted by Gasteiger charge is 1.99. The fraction of sp³-hybridized carbons (Fsp3) is 0.417. The zero-order valence-electron chi connectivity index (χ0n) is 8.90. The van der Waals surface area contributed by atoms with Gasteiger partial charge in [-0.15, -0.1) is 0 Å². The summed E-state index contributed by atoms with van der Waals surface area (Å²) in [5.41, 5.74) is 1.13. The van der Waals surface area contributed by atoms with Crippen molar-refractivity contribution in [3.63, 3.8) is 0 Å². The standard InChI is InChI=1S/C12H16O3/c1-10(14)15-12-7-4-6-11(9-12)5-2-3-8-13/h4,6-7,9,13H,2-3,5,8H2,1H3. The van der Waals surface area contributed by atoms with Crippen molar-refractivity contribution >= 4 is 5.97 Å². The number of hydrogen-bond donors (Lipinski definition) is 1. The summed E-state index contributed by atoms with van der Waals surface area (Å²) in [7, 11) is 0. The van der Waals surface area contributed by atoms with E-state index in [0.29, 0.717) is 5.75 Å². The SMILES string of the molecule is CC(=O)Oc1cccc(CCCCO)c1. The Morgan fingerprint density at radius 3 is 2.87 bits per heavy atom. The third kappa shape index (κ3) is 4.61. The Morgan fingerprint density at radius 1 is 1.40 bits per heavy atom. The molecule has 0 aliphatic rings. The minimum Gasteiger partial charge on any atom is -0.427 e. The van der Waals surface area contributed by atoms with E-state index in [-0.39, 0.29) is 12.6 Å². The Hall–Kier alpha value is -1.35. The number of carbonyl (C=O) groups is 1. The minimum atomic E-state index is -0.303. The van der Waals surface area contributed by atoms with Crippen LogP contribution in [0, 0.1) is 0 Å². The van der Waals surface area contributed by atoms with Crippen LogP contribution >= 0.6 is 0 Å². The van der Waals surface area contributed by atoms with Gasteiger partial charge in [0.15, 0.2) is 0 Å². The van der Waals surface area contributed by atoms with Gasteiger partial charge in [0.25, 0.3) is 0 Å². The van der Waals surface area contributed by atoms with Crippen LogP contribution in [0.1, 0.15) is 25.3 Å². The highest BCUT2D eigenvalue weighted by molar-refractivity contribution is 5.69. The van der Waals surface area contributed by atoms with Crippen molar-refractivity contribution in [2.45, 2.75) is 26.2 Å². The molecule has 0 heterocycles. The first-order valence-corrected chi connectivity index (χ1v) is 5.10. The maximum Gasteiger partial charge on any atom is 0.308 e. The molecule has 1 rings (SSSR count). The number of benzene rings is 1. The predicted octanol–water partition coefficient (Wildman–Crippen LogP) is 1.93. The van der Waals surface area contributed by atoms with E-state index in [9.17, 15) is 4.79 Å². The number of ether oxygens (including phenoxy) is 1. The van der Waals surface area contributed by atoms with Gasteiger partial charge in [-0.1, -0.05) is 12.1 Å². The fourth-order valence-electron chi connectivity index (χ4n) is 1.37. The lowest BCUT2D eigenvalue weighted by Crippen LogP contribution is -2.01. The molecule has 3 heteroatoms. The first kappa shape index (κ1) is 11.7. The van der Waals surface area contributed by atoms with Crippen LogP contribution in [0.4, 0.5) is 0 Å². The molecule has 0 saturated carbocycles. The molecule has 1 aromatic carbocycles. The molecule has 0 spiro atoms. The summed E-state index contributed by atoms with van der Waals surface area (Å²) in [6.45, 7) is 1.61. The Kier molecular flexibility index (Phi) is 4.84. The predicted molar refractivity (Wildman–Crippen MR) is 57.8 cm³/mol. The van der Waals surface area contributed by atoms with Crippen LogP contribution in [0.2, 0.25) is 0 Å². The molecule has 0 unspecified atom stereocenters. The number of aliphatic hydroxyl groups excluding tert-OH is 1. The Balaban J connectivity index is 2.53. The molecule has 0 amide bonds. The highest BCUT2D eigenvalue weighted by Crippen LogP contribution is 2.15. The second kappa shape index (κ2) is 6.19.